The number of ether oxygens (including phenoxy) is 1. The fraction of sp³-hybridized carbons (Fsp3) is 0.455. The van der Waals surface area contributed by atoms with E-state index in [2.05, 4.69) is 10.3 Å². The van der Waals surface area contributed by atoms with Crippen molar-refractivity contribution < 1.29 is 22.7 Å². The number of likely N-dealkylation sites (N-methyl/N-ethyl adjacent to an activating group) is 2. The highest BCUT2D eigenvalue weighted by atomic mass is 19.2. The Morgan fingerprint density at radius 3 is 2.48 bits per heavy atom. The van der Waals surface area contributed by atoms with Crippen molar-refractivity contribution in [3.63, 3.8) is 0 Å². The molecule has 1 saturated carbocycles. The van der Waals surface area contributed by atoms with E-state index in [1.165, 1.54) is 0 Å². The first-order chi connectivity index (χ1) is 14.8. The van der Waals surface area contributed by atoms with E-state index in [-0.39, 0.29) is 23.8 Å². The number of halogens is 3. The summed E-state index contributed by atoms with van der Waals surface area (Å²) in [5.41, 5.74) is 1.75. The predicted molar refractivity (Wildman–Crippen MR) is 112 cm³/mol. The Labute approximate surface area is 179 Å². The lowest BCUT2D eigenvalue weighted by molar-refractivity contribution is -0.119. The van der Waals surface area contributed by atoms with Gasteiger partial charge in [-0.25, -0.2) is 18.2 Å². The summed E-state index contributed by atoms with van der Waals surface area (Å²) >= 11 is 0. The van der Waals surface area contributed by atoms with Crippen molar-refractivity contribution in [3.05, 3.63) is 41.8 Å². The molecule has 2 heterocycles. The lowest BCUT2D eigenvalue weighted by Gasteiger charge is -2.39. The first-order valence-electron chi connectivity index (χ1n) is 10.4. The van der Waals surface area contributed by atoms with Gasteiger partial charge in [0.15, 0.2) is 17.5 Å². The molecule has 166 valence electrons. The molecule has 6 nitrogen and oxygen atoms in total. The van der Waals surface area contributed by atoms with E-state index in [0.29, 0.717) is 31.8 Å². The Kier molecular flexibility index (Phi) is 5.68. The Morgan fingerprint density at radius 2 is 1.84 bits per heavy atom. The van der Waals surface area contributed by atoms with Crippen molar-refractivity contribution in [1.29, 1.82) is 0 Å². The summed E-state index contributed by atoms with van der Waals surface area (Å²) in [6.45, 7) is 5.09. The molecule has 1 aliphatic carbocycles. The monoisotopic (exact) mass is 434 g/mol. The highest BCUT2D eigenvalue weighted by molar-refractivity contribution is 6.05. The predicted octanol–water partition coefficient (Wildman–Crippen LogP) is 3.96. The molecule has 1 aromatic heterocycles. The zero-order chi connectivity index (χ0) is 22.3. The zero-order valence-corrected chi connectivity index (χ0v) is 17.7. The van der Waals surface area contributed by atoms with Crippen molar-refractivity contribution in [3.8, 4) is 5.75 Å². The van der Waals surface area contributed by atoms with Crippen LogP contribution in [-0.2, 0) is 4.79 Å². The molecule has 1 atom stereocenters. The van der Waals surface area contributed by atoms with Gasteiger partial charge in [-0.05, 0) is 32.6 Å². The Bertz CT molecular complexity index is 974. The van der Waals surface area contributed by atoms with Crippen LogP contribution in [0.4, 0.5) is 30.4 Å². The summed E-state index contributed by atoms with van der Waals surface area (Å²) < 4.78 is 45.2. The number of nitrogens with zero attached hydrogens (tertiary/aromatic N) is 3. The van der Waals surface area contributed by atoms with E-state index < -0.39 is 17.5 Å². The molecule has 1 aliphatic heterocycles. The number of pyridine rings is 1. The number of amides is 1. The van der Waals surface area contributed by atoms with Crippen LogP contribution in [0.2, 0.25) is 0 Å². The lowest BCUT2D eigenvalue weighted by Crippen LogP contribution is -2.50. The average molecular weight is 434 g/mol. The van der Waals surface area contributed by atoms with E-state index >= 15 is 0 Å². The Morgan fingerprint density at radius 1 is 1.16 bits per heavy atom. The van der Waals surface area contributed by atoms with Gasteiger partial charge in [-0.1, -0.05) is 0 Å². The minimum Gasteiger partial charge on any atom is -0.490 e. The molecule has 0 bridgehead atoms. The number of fused-ring (bicyclic) bond motifs is 1. The maximum absolute atomic E-state index is 13.3. The highest BCUT2D eigenvalue weighted by Crippen LogP contribution is 2.37. The largest absolute Gasteiger partial charge is 0.490 e. The molecule has 2 aromatic rings. The third-order valence-electron chi connectivity index (χ3n) is 6.08. The number of carbonyl (C=O) groups is 1. The van der Waals surface area contributed by atoms with Crippen molar-refractivity contribution in [1.82, 2.24) is 4.98 Å². The minimum absolute atomic E-state index is 0.00338. The van der Waals surface area contributed by atoms with Crippen LogP contribution in [0.3, 0.4) is 0 Å². The van der Waals surface area contributed by atoms with Crippen LogP contribution in [0.25, 0.3) is 0 Å². The quantitative estimate of drug-likeness (QED) is 0.698. The van der Waals surface area contributed by atoms with E-state index in [0.717, 1.165) is 29.3 Å². The van der Waals surface area contributed by atoms with Crippen LogP contribution >= 0.6 is 0 Å². The topological polar surface area (TPSA) is 57.7 Å². The van der Waals surface area contributed by atoms with Gasteiger partial charge < -0.3 is 19.9 Å². The number of nitrogens with one attached hydrogen (secondary N) is 1. The van der Waals surface area contributed by atoms with Crippen molar-refractivity contribution >= 4 is 23.1 Å². The van der Waals surface area contributed by atoms with Crippen LogP contribution in [-0.4, -0.2) is 43.2 Å². The molecule has 1 amide bonds. The number of hydrogen-bond acceptors (Lipinski definition) is 5. The summed E-state index contributed by atoms with van der Waals surface area (Å²) in [5.74, 6) is -2.91. The highest BCUT2D eigenvalue weighted by Gasteiger charge is 2.34. The van der Waals surface area contributed by atoms with Crippen LogP contribution in [0.5, 0.6) is 5.75 Å². The van der Waals surface area contributed by atoms with Gasteiger partial charge in [0.05, 0.1) is 23.7 Å². The van der Waals surface area contributed by atoms with Crippen LogP contribution in [0.15, 0.2) is 24.4 Å². The third-order valence-corrected chi connectivity index (χ3v) is 6.08. The summed E-state index contributed by atoms with van der Waals surface area (Å²) in [4.78, 5) is 20.6. The average Bonchev–Trinajstić information content (AvgIpc) is 2.72. The van der Waals surface area contributed by atoms with Gasteiger partial charge in [0.25, 0.3) is 0 Å². The van der Waals surface area contributed by atoms with Crippen molar-refractivity contribution in [2.75, 3.05) is 35.3 Å². The minimum atomic E-state index is -1.49. The van der Waals surface area contributed by atoms with Gasteiger partial charge in [-0.2, -0.15) is 0 Å². The fourth-order valence-electron chi connectivity index (χ4n) is 4.05. The zero-order valence-electron chi connectivity index (χ0n) is 17.7. The van der Waals surface area contributed by atoms with Crippen LogP contribution < -0.4 is 19.9 Å². The van der Waals surface area contributed by atoms with Crippen molar-refractivity contribution in [2.24, 2.45) is 5.92 Å². The van der Waals surface area contributed by atoms with Crippen LogP contribution in [0, 0.1) is 23.4 Å². The lowest BCUT2D eigenvalue weighted by atomic mass is 9.82. The molecule has 0 spiro atoms. The molecule has 1 N–H and O–H groups in total. The van der Waals surface area contributed by atoms with Gasteiger partial charge >= 0.3 is 0 Å². The molecular formula is C22H25F3N4O2. The molecule has 0 radical (unpaired) electrons. The number of rotatable bonds is 6. The summed E-state index contributed by atoms with van der Waals surface area (Å²) in [5, 5.41) is 3.32. The normalized spacial score (nSPS) is 22.8. The molecule has 1 aromatic carbocycles. The first-order valence-corrected chi connectivity index (χ1v) is 10.4. The summed E-state index contributed by atoms with van der Waals surface area (Å²) in [6.07, 6.45) is 2.98. The number of aromatic nitrogens is 1. The van der Waals surface area contributed by atoms with Gasteiger partial charge in [-0.3, -0.25) is 4.79 Å². The summed E-state index contributed by atoms with van der Waals surface area (Å²) in [6, 6.07) is 3.43. The molecule has 0 saturated heterocycles. The SMILES string of the molecule is CCN1C(=O)[C@@H](C)N(C)c2cc(NC[C@H]3C[C@H](Oc4cc(F)c(F)c(F)c4)C3)ncc21. The number of hydrogen-bond donors (Lipinski definition) is 1. The standard InChI is InChI=1S/C22H25F3N4O2/c1-4-29-19-11-27-20(9-18(19)28(3)12(2)22(29)30)26-10-13-5-14(6-13)31-15-7-16(23)21(25)17(24)8-15/h7-9,11-14H,4-6,10H2,1-3H3,(H,26,27)/t12-,13-,14-/m1/s1. The summed E-state index contributed by atoms with van der Waals surface area (Å²) in [7, 11) is 1.90. The maximum atomic E-state index is 13.3. The second-order valence-corrected chi connectivity index (χ2v) is 8.09. The maximum Gasteiger partial charge on any atom is 0.249 e. The number of benzene rings is 1. The van der Waals surface area contributed by atoms with Crippen molar-refractivity contribution in [2.45, 2.75) is 38.8 Å². The Hall–Kier alpha value is -2.97. The van der Waals surface area contributed by atoms with E-state index in [9.17, 15) is 18.0 Å². The number of carbonyl (C=O) groups excluding carboxylic acids is 1. The molecule has 9 heteroatoms. The smallest absolute Gasteiger partial charge is 0.249 e. The van der Waals surface area contributed by atoms with E-state index in [1.807, 2.05) is 31.9 Å². The molecule has 1 fully saturated rings. The van der Waals surface area contributed by atoms with E-state index in [1.54, 1.807) is 11.1 Å². The second kappa shape index (κ2) is 8.28. The van der Waals surface area contributed by atoms with Gasteiger partial charge in [-0.15, -0.1) is 0 Å². The molecule has 31 heavy (non-hydrogen) atoms. The Balaban J connectivity index is 1.33. The van der Waals surface area contributed by atoms with Gasteiger partial charge in [0.2, 0.25) is 5.91 Å². The molecule has 4 rings (SSSR count). The second-order valence-electron chi connectivity index (χ2n) is 8.09. The van der Waals surface area contributed by atoms with Gasteiger partial charge in [0.1, 0.15) is 17.6 Å². The third kappa shape index (κ3) is 4.00. The van der Waals surface area contributed by atoms with E-state index in [4.69, 9.17) is 4.74 Å². The van der Waals surface area contributed by atoms with Gasteiger partial charge in [0, 0.05) is 38.3 Å². The first kappa shape index (κ1) is 21.3. The molecule has 2 aliphatic rings. The fourth-order valence-corrected chi connectivity index (χ4v) is 4.05. The molecular weight excluding hydrogens is 409 g/mol. The molecule has 0 unspecified atom stereocenters. The number of anilines is 3. The van der Waals surface area contributed by atoms with Crippen LogP contribution in [0.1, 0.15) is 26.7 Å².